The van der Waals surface area contributed by atoms with E-state index in [-0.39, 0.29) is 11.6 Å². The minimum absolute atomic E-state index is 0.219. The number of carboxylic acid groups (broad SMARTS) is 1. The van der Waals surface area contributed by atoms with Gasteiger partial charge in [-0.1, -0.05) is 12.1 Å². The normalized spacial score (nSPS) is 14.9. The molecule has 0 unspecified atom stereocenters. The summed E-state index contributed by atoms with van der Waals surface area (Å²) in [5, 5.41) is 16.9. The van der Waals surface area contributed by atoms with Gasteiger partial charge in [-0.05, 0) is 30.5 Å². The molecule has 1 aliphatic rings. The van der Waals surface area contributed by atoms with Crippen LogP contribution in [0.4, 0.5) is 9.93 Å². The Morgan fingerprint density at radius 3 is 2.64 bits per heavy atom. The minimum atomic E-state index is -0.971. The molecule has 1 fully saturated rings. The molecule has 0 bridgehead atoms. The Hall–Kier alpha value is -2.45. The maximum Gasteiger partial charge on any atom is 0.335 e. The molecule has 0 aliphatic carbocycles. The van der Waals surface area contributed by atoms with Gasteiger partial charge in [0.15, 0.2) is 5.13 Å². The van der Waals surface area contributed by atoms with Crippen molar-refractivity contribution in [1.29, 1.82) is 0 Å². The largest absolute Gasteiger partial charge is 0.478 e. The second-order valence-corrected chi connectivity index (χ2v) is 6.63. The molecule has 0 spiro atoms. The van der Waals surface area contributed by atoms with E-state index in [2.05, 4.69) is 15.6 Å². The average molecular weight is 361 g/mol. The van der Waals surface area contributed by atoms with Crippen LogP contribution < -0.4 is 10.6 Å². The lowest BCUT2D eigenvalue weighted by Gasteiger charge is -2.19. The Kier molecular flexibility index (Phi) is 5.62. The second kappa shape index (κ2) is 8.09. The Balaban J connectivity index is 1.49. The Morgan fingerprint density at radius 2 is 1.96 bits per heavy atom. The fraction of sp³-hybridized carbons (Fsp3) is 0.353. The van der Waals surface area contributed by atoms with E-state index in [0.717, 1.165) is 37.3 Å². The van der Waals surface area contributed by atoms with E-state index in [1.807, 2.05) is 5.38 Å². The summed E-state index contributed by atoms with van der Waals surface area (Å²) in [5.41, 5.74) is 2.05. The number of carbonyl (C=O) groups excluding carboxylic acids is 1. The summed E-state index contributed by atoms with van der Waals surface area (Å²) in [6, 6.07) is 6.04. The Labute approximate surface area is 149 Å². The predicted molar refractivity (Wildman–Crippen MR) is 94.2 cm³/mol. The Morgan fingerprint density at radius 1 is 1.24 bits per heavy atom. The van der Waals surface area contributed by atoms with Gasteiger partial charge in [-0.25, -0.2) is 14.6 Å². The van der Waals surface area contributed by atoms with Crippen molar-refractivity contribution >= 4 is 28.5 Å². The summed E-state index contributed by atoms with van der Waals surface area (Å²) in [5.74, 6) is -0.572. The average Bonchev–Trinajstić information content (AvgIpc) is 3.09. The molecule has 1 aromatic heterocycles. The van der Waals surface area contributed by atoms with E-state index in [0.29, 0.717) is 17.6 Å². The minimum Gasteiger partial charge on any atom is -0.478 e. The van der Waals surface area contributed by atoms with Crippen LogP contribution in [-0.2, 0) is 11.3 Å². The topological polar surface area (TPSA) is 101 Å². The van der Waals surface area contributed by atoms with E-state index in [4.69, 9.17) is 9.84 Å². The van der Waals surface area contributed by atoms with Crippen molar-refractivity contribution in [1.82, 2.24) is 10.3 Å². The molecule has 7 nitrogen and oxygen atoms in total. The molecule has 8 heteroatoms. The highest BCUT2D eigenvalue weighted by atomic mass is 32.1. The number of anilines is 1. The second-order valence-electron chi connectivity index (χ2n) is 5.77. The lowest BCUT2D eigenvalue weighted by molar-refractivity contribution is 0.0696. The third-order valence-electron chi connectivity index (χ3n) is 4.04. The molecule has 25 heavy (non-hydrogen) atoms. The van der Waals surface area contributed by atoms with E-state index in [1.54, 1.807) is 12.1 Å². The van der Waals surface area contributed by atoms with Gasteiger partial charge in [-0.2, -0.15) is 0 Å². The third-order valence-corrected chi connectivity index (χ3v) is 4.81. The monoisotopic (exact) mass is 361 g/mol. The van der Waals surface area contributed by atoms with Gasteiger partial charge in [0, 0.05) is 31.1 Å². The van der Waals surface area contributed by atoms with Crippen LogP contribution in [-0.4, -0.2) is 35.3 Å². The number of aromatic carboxylic acids is 1. The molecule has 0 radical (unpaired) electrons. The molecule has 132 valence electrons. The molecule has 0 atom stereocenters. The van der Waals surface area contributed by atoms with Crippen LogP contribution in [0.5, 0.6) is 0 Å². The molecule has 2 amide bonds. The number of aromatic nitrogens is 1. The van der Waals surface area contributed by atoms with Crippen LogP contribution in [0.25, 0.3) is 0 Å². The van der Waals surface area contributed by atoms with Gasteiger partial charge >= 0.3 is 12.0 Å². The number of rotatable bonds is 5. The van der Waals surface area contributed by atoms with Crippen LogP contribution >= 0.6 is 11.3 Å². The molecular weight excluding hydrogens is 342 g/mol. The smallest absolute Gasteiger partial charge is 0.335 e. The van der Waals surface area contributed by atoms with Gasteiger partial charge in [0.05, 0.1) is 11.3 Å². The molecule has 2 heterocycles. The molecule has 1 aromatic carbocycles. The summed E-state index contributed by atoms with van der Waals surface area (Å²) in [6.45, 7) is 1.82. The predicted octanol–water partition coefficient (Wildman–Crippen LogP) is 3.06. The maximum atomic E-state index is 12.0. The zero-order chi connectivity index (χ0) is 17.6. The van der Waals surface area contributed by atoms with E-state index < -0.39 is 5.97 Å². The van der Waals surface area contributed by atoms with E-state index in [1.165, 1.54) is 23.5 Å². The number of nitrogens with one attached hydrogen (secondary N) is 2. The molecule has 2 aromatic rings. The van der Waals surface area contributed by atoms with Gasteiger partial charge in [-0.15, -0.1) is 11.3 Å². The SMILES string of the molecule is O=C(NCc1ccc(C(=O)O)cc1)Nc1nc(C2CCOCC2)cs1. The van der Waals surface area contributed by atoms with Crippen LogP contribution in [0.1, 0.15) is 40.4 Å². The lowest BCUT2D eigenvalue weighted by Crippen LogP contribution is -2.28. The maximum absolute atomic E-state index is 12.0. The van der Waals surface area contributed by atoms with Gasteiger partial charge in [0.2, 0.25) is 0 Å². The number of thiazole rings is 1. The molecular formula is C17H19N3O4S. The molecule has 3 rings (SSSR count). The van der Waals surface area contributed by atoms with Crippen molar-refractivity contribution in [2.75, 3.05) is 18.5 Å². The lowest BCUT2D eigenvalue weighted by atomic mass is 9.98. The first-order chi connectivity index (χ1) is 12.1. The number of carboxylic acids is 1. The quantitative estimate of drug-likeness (QED) is 0.760. The summed E-state index contributed by atoms with van der Waals surface area (Å²) in [4.78, 5) is 27.3. The number of urea groups is 1. The zero-order valence-electron chi connectivity index (χ0n) is 13.5. The Bertz CT molecular complexity index is 739. The summed E-state index contributed by atoms with van der Waals surface area (Å²) in [6.07, 6.45) is 1.92. The summed E-state index contributed by atoms with van der Waals surface area (Å²) in [7, 11) is 0. The summed E-state index contributed by atoms with van der Waals surface area (Å²) < 4.78 is 5.35. The summed E-state index contributed by atoms with van der Waals surface area (Å²) >= 11 is 1.41. The van der Waals surface area contributed by atoms with Crippen molar-refractivity contribution in [3.05, 3.63) is 46.5 Å². The van der Waals surface area contributed by atoms with Crippen LogP contribution in [0.3, 0.4) is 0 Å². The van der Waals surface area contributed by atoms with Crippen molar-refractivity contribution in [3.8, 4) is 0 Å². The highest BCUT2D eigenvalue weighted by Gasteiger charge is 2.19. The number of benzene rings is 1. The van der Waals surface area contributed by atoms with E-state index >= 15 is 0 Å². The first-order valence-electron chi connectivity index (χ1n) is 8.02. The fourth-order valence-corrected chi connectivity index (χ4v) is 3.40. The van der Waals surface area contributed by atoms with Crippen molar-refractivity contribution in [2.24, 2.45) is 0 Å². The number of nitrogens with zero attached hydrogens (tertiary/aromatic N) is 1. The standard InChI is InChI=1S/C17H19N3O4S/c21-15(22)13-3-1-11(2-4-13)9-18-16(23)20-17-19-14(10-25-17)12-5-7-24-8-6-12/h1-4,10,12H,5-9H2,(H,21,22)(H2,18,19,20,23). The molecule has 1 aliphatic heterocycles. The van der Waals surface area contributed by atoms with Crippen molar-refractivity contribution in [3.63, 3.8) is 0 Å². The van der Waals surface area contributed by atoms with Gasteiger partial charge < -0.3 is 15.2 Å². The first kappa shape index (κ1) is 17.4. The van der Waals surface area contributed by atoms with Crippen LogP contribution in [0, 0.1) is 0 Å². The number of ether oxygens (including phenoxy) is 1. The van der Waals surface area contributed by atoms with Crippen LogP contribution in [0.15, 0.2) is 29.6 Å². The molecule has 0 saturated carbocycles. The zero-order valence-corrected chi connectivity index (χ0v) is 14.3. The number of amides is 2. The number of hydrogen-bond donors (Lipinski definition) is 3. The third kappa shape index (κ3) is 4.77. The molecule has 1 saturated heterocycles. The number of carbonyl (C=O) groups is 2. The van der Waals surface area contributed by atoms with Gasteiger partial charge in [0.25, 0.3) is 0 Å². The van der Waals surface area contributed by atoms with Crippen molar-refractivity contribution in [2.45, 2.75) is 25.3 Å². The van der Waals surface area contributed by atoms with Crippen molar-refractivity contribution < 1.29 is 19.4 Å². The highest BCUT2D eigenvalue weighted by molar-refractivity contribution is 7.13. The highest BCUT2D eigenvalue weighted by Crippen LogP contribution is 2.29. The van der Waals surface area contributed by atoms with Gasteiger partial charge in [-0.3, -0.25) is 5.32 Å². The molecule has 3 N–H and O–H groups in total. The van der Waals surface area contributed by atoms with E-state index in [9.17, 15) is 9.59 Å². The van der Waals surface area contributed by atoms with Gasteiger partial charge in [0.1, 0.15) is 0 Å². The first-order valence-corrected chi connectivity index (χ1v) is 8.90. The van der Waals surface area contributed by atoms with Crippen LogP contribution in [0.2, 0.25) is 0 Å². The fourth-order valence-electron chi connectivity index (χ4n) is 2.61. The number of hydrogen-bond acceptors (Lipinski definition) is 5.